The first-order chi connectivity index (χ1) is 14.9. The number of rotatable bonds is 5. The number of aromatic hydroxyl groups is 1. The molecule has 0 radical (unpaired) electrons. The molecule has 31 heavy (non-hydrogen) atoms. The predicted molar refractivity (Wildman–Crippen MR) is 113 cm³/mol. The van der Waals surface area contributed by atoms with Crippen LogP contribution in [0.15, 0.2) is 58.3 Å². The first kappa shape index (κ1) is 20.1. The van der Waals surface area contributed by atoms with Gasteiger partial charge in [0, 0.05) is 28.6 Å². The molecule has 0 amide bonds. The number of methoxy groups -OCH3 is 2. The van der Waals surface area contributed by atoms with Crippen LogP contribution in [-0.4, -0.2) is 39.7 Å². The standard InChI is InChI=1S/C22H19N3O6/c1-30-13-6-7-16-12(9-13)10-15(20(27)23-16)14(11-18(26)31-2)19-21(28)24-17-5-3-4-8-25(17)22(19)29/h3-10,14,28H,11H2,1-2H3,(H,23,27)/t14-/m0/s1. The highest BCUT2D eigenvalue weighted by Gasteiger charge is 2.29. The van der Waals surface area contributed by atoms with Gasteiger partial charge in [-0.3, -0.25) is 18.8 Å². The van der Waals surface area contributed by atoms with Crippen LogP contribution >= 0.6 is 0 Å². The first-order valence-electron chi connectivity index (χ1n) is 9.41. The molecule has 0 aliphatic rings. The lowest BCUT2D eigenvalue weighted by atomic mass is 9.89. The first-order valence-corrected chi connectivity index (χ1v) is 9.41. The molecule has 2 N–H and O–H groups in total. The van der Waals surface area contributed by atoms with Crippen molar-refractivity contribution >= 4 is 22.5 Å². The van der Waals surface area contributed by atoms with Gasteiger partial charge in [0.2, 0.25) is 5.88 Å². The topological polar surface area (TPSA) is 123 Å². The van der Waals surface area contributed by atoms with Crippen LogP contribution in [0.4, 0.5) is 0 Å². The molecule has 0 unspecified atom stereocenters. The molecule has 0 fully saturated rings. The number of hydrogen-bond acceptors (Lipinski definition) is 7. The molecule has 3 heterocycles. The van der Waals surface area contributed by atoms with Gasteiger partial charge < -0.3 is 19.6 Å². The van der Waals surface area contributed by atoms with Crippen molar-refractivity contribution in [1.82, 2.24) is 14.4 Å². The minimum atomic E-state index is -1.08. The Morgan fingerprint density at radius 1 is 1.19 bits per heavy atom. The summed E-state index contributed by atoms with van der Waals surface area (Å²) in [5.41, 5.74) is -0.324. The molecule has 0 aliphatic carbocycles. The molecule has 3 aromatic heterocycles. The maximum Gasteiger partial charge on any atom is 0.306 e. The van der Waals surface area contributed by atoms with Crippen LogP contribution in [0, 0.1) is 0 Å². The maximum absolute atomic E-state index is 13.2. The van der Waals surface area contributed by atoms with Crippen molar-refractivity contribution in [2.75, 3.05) is 14.2 Å². The highest BCUT2D eigenvalue weighted by molar-refractivity contribution is 5.81. The SMILES string of the molecule is COC(=O)C[C@@H](c1cc2cc(OC)ccc2[nH]c1=O)c1c(O)nc2ccccn2c1=O. The zero-order chi connectivity index (χ0) is 22.1. The number of H-pyrrole nitrogens is 1. The van der Waals surface area contributed by atoms with E-state index < -0.39 is 28.9 Å². The third-order valence-electron chi connectivity index (χ3n) is 5.15. The van der Waals surface area contributed by atoms with Crippen LogP contribution in [0.25, 0.3) is 16.6 Å². The second kappa shape index (κ2) is 7.94. The fourth-order valence-electron chi connectivity index (χ4n) is 3.60. The molecule has 4 rings (SSSR count). The van der Waals surface area contributed by atoms with Gasteiger partial charge >= 0.3 is 5.97 Å². The summed E-state index contributed by atoms with van der Waals surface area (Å²) < 4.78 is 11.3. The predicted octanol–water partition coefficient (Wildman–Crippen LogP) is 1.95. The number of aromatic amines is 1. The molecule has 4 aromatic rings. The smallest absolute Gasteiger partial charge is 0.306 e. The second-order valence-corrected chi connectivity index (χ2v) is 6.92. The summed E-state index contributed by atoms with van der Waals surface area (Å²) in [5.74, 6) is -1.70. The van der Waals surface area contributed by atoms with E-state index in [0.29, 0.717) is 16.7 Å². The van der Waals surface area contributed by atoms with Crippen molar-refractivity contribution < 1.29 is 19.4 Å². The van der Waals surface area contributed by atoms with E-state index in [-0.39, 0.29) is 23.2 Å². The Morgan fingerprint density at radius 3 is 2.74 bits per heavy atom. The van der Waals surface area contributed by atoms with E-state index in [1.54, 1.807) is 42.5 Å². The van der Waals surface area contributed by atoms with E-state index in [1.165, 1.54) is 24.8 Å². The van der Waals surface area contributed by atoms with Crippen LogP contribution in [0.1, 0.15) is 23.5 Å². The summed E-state index contributed by atoms with van der Waals surface area (Å²) in [5, 5.41) is 11.2. The lowest BCUT2D eigenvalue weighted by Gasteiger charge is -2.17. The molecular weight excluding hydrogens is 402 g/mol. The average Bonchev–Trinajstić information content (AvgIpc) is 2.77. The number of nitrogens with zero attached hydrogens (tertiary/aromatic N) is 2. The molecule has 0 spiro atoms. The van der Waals surface area contributed by atoms with Gasteiger partial charge in [0.25, 0.3) is 11.1 Å². The number of carbonyl (C=O) groups excluding carboxylic acids is 1. The molecule has 1 atom stereocenters. The van der Waals surface area contributed by atoms with Gasteiger partial charge in [-0.25, -0.2) is 0 Å². The largest absolute Gasteiger partial charge is 0.497 e. The van der Waals surface area contributed by atoms with Crippen molar-refractivity contribution in [3.63, 3.8) is 0 Å². The molecule has 158 valence electrons. The Morgan fingerprint density at radius 2 is 2.00 bits per heavy atom. The van der Waals surface area contributed by atoms with Crippen molar-refractivity contribution in [3.05, 3.63) is 80.5 Å². The fraction of sp³-hybridized carbons (Fsp3) is 0.182. The Bertz CT molecular complexity index is 1420. The summed E-state index contributed by atoms with van der Waals surface area (Å²) in [6.07, 6.45) is 1.16. The molecular formula is C22H19N3O6. The highest BCUT2D eigenvalue weighted by atomic mass is 16.5. The van der Waals surface area contributed by atoms with E-state index in [4.69, 9.17) is 9.47 Å². The van der Waals surface area contributed by atoms with E-state index in [0.717, 1.165) is 0 Å². The number of pyridine rings is 2. The molecule has 0 aliphatic heterocycles. The molecule has 0 bridgehead atoms. The second-order valence-electron chi connectivity index (χ2n) is 6.92. The molecule has 1 aromatic carbocycles. The summed E-state index contributed by atoms with van der Waals surface area (Å²) in [4.78, 5) is 45.1. The zero-order valence-corrected chi connectivity index (χ0v) is 16.8. The minimum Gasteiger partial charge on any atom is -0.497 e. The summed E-state index contributed by atoms with van der Waals surface area (Å²) in [6, 6.07) is 11.6. The van der Waals surface area contributed by atoms with Gasteiger partial charge in [-0.05, 0) is 36.4 Å². The van der Waals surface area contributed by atoms with Gasteiger partial charge in [-0.1, -0.05) is 6.07 Å². The third kappa shape index (κ3) is 3.61. The van der Waals surface area contributed by atoms with Crippen LogP contribution in [0.2, 0.25) is 0 Å². The fourth-order valence-corrected chi connectivity index (χ4v) is 3.60. The summed E-state index contributed by atoms with van der Waals surface area (Å²) in [7, 11) is 2.73. The zero-order valence-electron chi connectivity index (χ0n) is 16.8. The van der Waals surface area contributed by atoms with Gasteiger partial charge in [-0.15, -0.1) is 0 Å². The maximum atomic E-state index is 13.2. The Kier molecular flexibility index (Phi) is 5.16. The quantitative estimate of drug-likeness (QED) is 0.472. The monoisotopic (exact) mass is 421 g/mol. The number of carbonyl (C=O) groups is 1. The normalized spacial score (nSPS) is 12.1. The van der Waals surface area contributed by atoms with Gasteiger partial charge in [0.05, 0.1) is 26.2 Å². The van der Waals surface area contributed by atoms with Gasteiger partial charge in [-0.2, -0.15) is 4.98 Å². The summed E-state index contributed by atoms with van der Waals surface area (Å²) in [6.45, 7) is 0. The minimum absolute atomic E-state index is 0.122. The van der Waals surface area contributed by atoms with Crippen LogP contribution in [0.3, 0.4) is 0 Å². The van der Waals surface area contributed by atoms with Gasteiger partial charge in [0.15, 0.2) is 0 Å². The van der Waals surface area contributed by atoms with Crippen LogP contribution in [0.5, 0.6) is 11.6 Å². The number of nitrogens with one attached hydrogen (secondary N) is 1. The van der Waals surface area contributed by atoms with E-state index >= 15 is 0 Å². The molecule has 9 nitrogen and oxygen atoms in total. The van der Waals surface area contributed by atoms with Crippen molar-refractivity contribution in [1.29, 1.82) is 0 Å². The lowest BCUT2D eigenvalue weighted by molar-refractivity contribution is -0.140. The Hall–Kier alpha value is -4.14. The van der Waals surface area contributed by atoms with Crippen LogP contribution < -0.4 is 15.9 Å². The van der Waals surface area contributed by atoms with Crippen molar-refractivity contribution in [2.24, 2.45) is 0 Å². The average molecular weight is 421 g/mol. The molecule has 0 saturated carbocycles. The Labute approximate surface area is 175 Å². The lowest BCUT2D eigenvalue weighted by Crippen LogP contribution is -2.27. The number of hydrogen-bond donors (Lipinski definition) is 2. The number of ether oxygens (including phenoxy) is 2. The van der Waals surface area contributed by atoms with E-state index in [2.05, 4.69) is 9.97 Å². The van der Waals surface area contributed by atoms with Crippen LogP contribution in [-0.2, 0) is 9.53 Å². The van der Waals surface area contributed by atoms with Crippen molar-refractivity contribution in [3.8, 4) is 11.6 Å². The number of esters is 1. The molecule has 0 saturated heterocycles. The number of aromatic nitrogens is 3. The highest BCUT2D eigenvalue weighted by Crippen LogP contribution is 2.31. The van der Waals surface area contributed by atoms with Gasteiger partial charge in [0.1, 0.15) is 11.4 Å². The third-order valence-corrected chi connectivity index (χ3v) is 5.15. The number of fused-ring (bicyclic) bond motifs is 2. The van der Waals surface area contributed by atoms with E-state index in [1.807, 2.05) is 0 Å². The summed E-state index contributed by atoms with van der Waals surface area (Å²) >= 11 is 0. The number of benzene rings is 1. The Balaban J connectivity index is 2.00. The molecule has 9 heteroatoms. The van der Waals surface area contributed by atoms with Crippen molar-refractivity contribution in [2.45, 2.75) is 12.3 Å². The van der Waals surface area contributed by atoms with E-state index in [9.17, 15) is 19.5 Å².